The molecule has 0 nitrogen and oxygen atoms in total. The summed E-state index contributed by atoms with van der Waals surface area (Å²) in [6.07, 6.45) is 2.92. The van der Waals surface area contributed by atoms with Crippen LogP contribution in [0, 0.1) is 16.9 Å². The molecular weight excluding hydrogens is 160 g/mol. The van der Waals surface area contributed by atoms with Crippen molar-refractivity contribution in [2.45, 2.75) is 39.9 Å². The Kier molecular flexibility index (Phi) is 3.80. The lowest BCUT2D eigenvalue weighted by molar-refractivity contribution is 0.513. The van der Waals surface area contributed by atoms with Gasteiger partial charge in [0.2, 0.25) is 0 Å². The number of hydrogen-bond donors (Lipinski definition) is 0. The van der Waals surface area contributed by atoms with E-state index in [1.165, 1.54) is 0 Å². The van der Waals surface area contributed by atoms with Crippen LogP contribution in [0.5, 0.6) is 0 Å². The molecule has 0 aromatic rings. The second-order valence-corrected chi connectivity index (χ2v) is 9.63. The Morgan fingerprint density at radius 2 is 1.83 bits per heavy atom. The molecule has 0 saturated heterocycles. The third-order valence-corrected chi connectivity index (χ3v) is 2.31. The summed E-state index contributed by atoms with van der Waals surface area (Å²) in [6.45, 7) is 14.9. The van der Waals surface area contributed by atoms with Gasteiger partial charge in [-0.15, -0.1) is 18.0 Å². The van der Waals surface area contributed by atoms with E-state index in [1.807, 2.05) is 6.08 Å². The number of allylic oxidation sites excluding steroid dienone is 1. The third kappa shape index (κ3) is 6.24. The van der Waals surface area contributed by atoms with Gasteiger partial charge in [-0.25, -0.2) is 0 Å². The molecule has 0 radical (unpaired) electrons. The highest BCUT2D eigenvalue weighted by molar-refractivity contribution is 6.83. The van der Waals surface area contributed by atoms with Crippen LogP contribution in [0.4, 0.5) is 0 Å². The molecule has 0 amide bonds. The molecule has 0 aromatic heterocycles. The zero-order chi connectivity index (χ0) is 9.83. The molecule has 0 rings (SSSR count). The topological polar surface area (TPSA) is 0 Å². The summed E-state index contributed by atoms with van der Waals surface area (Å²) in [5.41, 5.74) is 3.50. The largest absolute Gasteiger partial charge is 0.131 e. The molecule has 0 N–H and O–H groups in total. The van der Waals surface area contributed by atoms with Crippen molar-refractivity contribution in [3.63, 3.8) is 0 Å². The van der Waals surface area contributed by atoms with Crippen molar-refractivity contribution in [2.24, 2.45) is 5.41 Å². The predicted molar refractivity (Wildman–Crippen MR) is 59.7 cm³/mol. The van der Waals surface area contributed by atoms with Gasteiger partial charge in [0, 0.05) is 5.41 Å². The molecule has 0 bridgehead atoms. The first-order valence-corrected chi connectivity index (χ1v) is 7.92. The van der Waals surface area contributed by atoms with E-state index in [1.54, 1.807) is 0 Å². The van der Waals surface area contributed by atoms with Gasteiger partial charge in [0.05, 0.1) is 0 Å². The van der Waals surface area contributed by atoms with Crippen molar-refractivity contribution in [3.05, 3.63) is 12.7 Å². The molecule has 0 unspecified atom stereocenters. The minimum atomic E-state index is -1.19. The van der Waals surface area contributed by atoms with E-state index < -0.39 is 8.07 Å². The fourth-order valence-corrected chi connectivity index (χ4v) is 1.48. The van der Waals surface area contributed by atoms with Crippen molar-refractivity contribution in [1.82, 2.24) is 0 Å². The minimum absolute atomic E-state index is 0.113. The minimum Gasteiger partial charge on any atom is -0.131 e. The van der Waals surface area contributed by atoms with E-state index in [9.17, 15) is 0 Å². The van der Waals surface area contributed by atoms with Crippen molar-refractivity contribution in [1.29, 1.82) is 0 Å². The van der Waals surface area contributed by atoms with Crippen LogP contribution in [0.3, 0.4) is 0 Å². The Morgan fingerprint density at radius 3 is 2.17 bits per heavy atom. The van der Waals surface area contributed by atoms with Crippen LogP contribution in [0.1, 0.15) is 20.3 Å². The average molecular weight is 180 g/mol. The summed E-state index contributed by atoms with van der Waals surface area (Å²) >= 11 is 0. The molecule has 0 spiro atoms. The Labute approximate surface area is 78.1 Å². The second-order valence-electron chi connectivity index (χ2n) is 4.88. The quantitative estimate of drug-likeness (QED) is 0.347. The lowest BCUT2D eigenvalue weighted by atomic mass is 9.91. The maximum atomic E-state index is 3.73. The van der Waals surface area contributed by atoms with Crippen LogP contribution in [0.15, 0.2) is 12.7 Å². The standard InChI is InChI=1S/C11H20Si/c1-7-8-11(2,3)9-10-12(4,5)6/h7H,1,8H2,2-6H3. The second kappa shape index (κ2) is 3.96. The maximum Gasteiger partial charge on any atom is 0.129 e. The summed E-state index contributed by atoms with van der Waals surface area (Å²) < 4.78 is 0. The molecule has 0 aliphatic rings. The Hall–Kier alpha value is -0.483. The molecule has 0 aliphatic carbocycles. The van der Waals surface area contributed by atoms with Gasteiger partial charge >= 0.3 is 0 Å². The molecule has 68 valence electrons. The first kappa shape index (κ1) is 11.5. The van der Waals surface area contributed by atoms with E-state index in [0.717, 1.165) is 6.42 Å². The highest BCUT2D eigenvalue weighted by Gasteiger charge is 2.14. The molecule has 0 aliphatic heterocycles. The Bertz CT molecular complexity index is 207. The summed E-state index contributed by atoms with van der Waals surface area (Å²) in [5.74, 6) is 3.34. The molecule has 0 saturated carbocycles. The van der Waals surface area contributed by atoms with Gasteiger partial charge in [-0.3, -0.25) is 0 Å². The molecule has 1 heteroatoms. The first-order valence-electron chi connectivity index (χ1n) is 4.42. The van der Waals surface area contributed by atoms with Gasteiger partial charge in [0.1, 0.15) is 8.07 Å². The summed E-state index contributed by atoms with van der Waals surface area (Å²) in [7, 11) is -1.19. The van der Waals surface area contributed by atoms with Gasteiger partial charge in [0.25, 0.3) is 0 Å². The van der Waals surface area contributed by atoms with E-state index in [2.05, 4.69) is 51.5 Å². The molecule has 0 heterocycles. The fourth-order valence-electron chi connectivity index (χ4n) is 0.769. The maximum absolute atomic E-state index is 3.73. The molecule has 0 fully saturated rings. The van der Waals surface area contributed by atoms with E-state index in [4.69, 9.17) is 0 Å². The lowest BCUT2D eigenvalue weighted by Gasteiger charge is -2.15. The smallest absolute Gasteiger partial charge is 0.129 e. The fraction of sp³-hybridized carbons (Fsp3) is 0.636. The van der Waals surface area contributed by atoms with Crippen molar-refractivity contribution in [2.75, 3.05) is 0 Å². The van der Waals surface area contributed by atoms with Gasteiger partial charge in [0.15, 0.2) is 0 Å². The van der Waals surface area contributed by atoms with Crippen molar-refractivity contribution >= 4 is 8.07 Å². The summed E-state index contributed by atoms with van der Waals surface area (Å²) in [4.78, 5) is 0. The van der Waals surface area contributed by atoms with Crippen LogP contribution < -0.4 is 0 Å². The zero-order valence-electron chi connectivity index (χ0n) is 8.99. The van der Waals surface area contributed by atoms with Crippen LogP contribution in [-0.4, -0.2) is 8.07 Å². The highest BCUT2D eigenvalue weighted by atomic mass is 28.3. The van der Waals surface area contributed by atoms with Crippen LogP contribution >= 0.6 is 0 Å². The lowest BCUT2D eigenvalue weighted by Crippen LogP contribution is -2.18. The van der Waals surface area contributed by atoms with Gasteiger partial charge in [-0.2, -0.15) is 0 Å². The monoisotopic (exact) mass is 180 g/mol. The predicted octanol–water partition coefficient (Wildman–Crippen LogP) is 3.47. The van der Waals surface area contributed by atoms with Gasteiger partial charge in [-0.1, -0.05) is 25.7 Å². The normalized spacial score (nSPS) is 11.8. The highest BCUT2D eigenvalue weighted by Crippen LogP contribution is 2.19. The molecule has 0 atom stereocenters. The zero-order valence-corrected chi connectivity index (χ0v) is 9.99. The molecule has 0 aromatic carbocycles. The Morgan fingerprint density at radius 1 is 1.33 bits per heavy atom. The van der Waals surface area contributed by atoms with Gasteiger partial charge < -0.3 is 0 Å². The molecular formula is C11H20Si. The van der Waals surface area contributed by atoms with Crippen LogP contribution in [-0.2, 0) is 0 Å². The summed E-state index contributed by atoms with van der Waals surface area (Å²) in [5, 5.41) is 0. The average Bonchev–Trinajstić information content (AvgIpc) is 1.83. The van der Waals surface area contributed by atoms with Crippen molar-refractivity contribution < 1.29 is 0 Å². The van der Waals surface area contributed by atoms with E-state index >= 15 is 0 Å². The van der Waals surface area contributed by atoms with Gasteiger partial charge in [-0.05, 0) is 20.3 Å². The SMILES string of the molecule is C=CCC(C)(C)C#C[Si](C)(C)C. The van der Waals surface area contributed by atoms with Crippen molar-refractivity contribution in [3.8, 4) is 11.5 Å². The number of rotatable bonds is 2. The van der Waals surface area contributed by atoms with E-state index in [0.29, 0.717) is 0 Å². The van der Waals surface area contributed by atoms with Crippen LogP contribution in [0.2, 0.25) is 19.6 Å². The number of hydrogen-bond acceptors (Lipinski definition) is 0. The summed E-state index contributed by atoms with van der Waals surface area (Å²) in [6, 6.07) is 0. The van der Waals surface area contributed by atoms with E-state index in [-0.39, 0.29) is 5.41 Å². The first-order chi connectivity index (χ1) is 5.27. The Balaban J connectivity index is 4.37. The van der Waals surface area contributed by atoms with Crippen LogP contribution in [0.25, 0.3) is 0 Å². The molecule has 12 heavy (non-hydrogen) atoms. The third-order valence-electron chi connectivity index (χ3n) is 1.43.